The number of carboxylic acid groups (broad SMARTS) is 1. The predicted molar refractivity (Wildman–Crippen MR) is 107 cm³/mol. The Balaban J connectivity index is 2.78. The van der Waals surface area contributed by atoms with Gasteiger partial charge in [0.1, 0.15) is 0 Å². The van der Waals surface area contributed by atoms with Gasteiger partial charge in [-0.25, -0.2) is 4.79 Å². The maximum absolute atomic E-state index is 12.2. The van der Waals surface area contributed by atoms with Gasteiger partial charge in [0, 0.05) is 0 Å². The van der Waals surface area contributed by atoms with Crippen LogP contribution >= 0.6 is 0 Å². The van der Waals surface area contributed by atoms with Gasteiger partial charge in [-0.05, 0) is 66.0 Å². The molecule has 2 aromatic rings. The van der Waals surface area contributed by atoms with Gasteiger partial charge in [-0.1, -0.05) is 64.3 Å². The van der Waals surface area contributed by atoms with Crippen molar-refractivity contribution in [3.05, 3.63) is 46.5 Å². The van der Waals surface area contributed by atoms with Crippen LogP contribution < -0.4 is 0 Å². The molecule has 0 bridgehead atoms. The van der Waals surface area contributed by atoms with Crippen LogP contribution in [0.3, 0.4) is 0 Å². The maximum Gasteiger partial charge on any atom is 0.336 e. The highest BCUT2D eigenvalue weighted by molar-refractivity contribution is 6.07. The van der Waals surface area contributed by atoms with Crippen molar-refractivity contribution in [3.8, 4) is 0 Å². The Morgan fingerprint density at radius 2 is 1.24 bits per heavy atom. The van der Waals surface area contributed by atoms with E-state index in [1.807, 2.05) is 18.2 Å². The lowest BCUT2D eigenvalue weighted by atomic mass is 9.83. The SMILES string of the molecule is CCCCc1c(CCCC)c(C(=O)O)c2ccccc2c1CCCC. The molecule has 25 heavy (non-hydrogen) atoms. The summed E-state index contributed by atoms with van der Waals surface area (Å²) in [6.07, 6.45) is 9.63. The first kappa shape index (κ1) is 19.5. The molecule has 0 aliphatic carbocycles. The fraction of sp³-hybridized carbons (Fsp3) is 0.522. The van der Waals surface area contributed by atoms with E-state index < -0.39 is 5.97 Å². The summed E-state index contributed by atoms with van der Waals surface area (Å²) >= 11 is 0. The van der Waals surface area contributed by atoms with Crippen LogP contribution in [-0.2, 0) is 19.3 Å². The zero-order chi connectivity index (χ0) is 18.2. The van der Waals surface area contributed by atoms with Crippen molar-refractivity contribution >= 4 is 16.7 Å². The van der Waals surface area contributed by atoms with Crippen molar-refractivity contribution in [1.29, 1.82) is 0 Å². The Morgan fingerprint density at radius 3 is 1.76 bits per heavy atom. The second-order valence-electron chi connectivity index (χ2n) is 6.97. The van der Waals surface area contributed by atoms with E-state index in [2.05, 4.69) is 26.8 Å². The van der Waals surface area contributed by atoms with Crippen molar-refractivity contribution in [3.63, 3.8) is 0 Å². The number of fused-ring (bicyclic) bond motifs is 1. The lowest BCUT2D eigenvalue weighted by Gasteiger charge is -2.21. The molecule has 0 atom stereocenters. The van der Waals surface area contributed by atoms with Crippen molar-refractivity contribution in [1.82, 2.24) is 0 Å². The molecule has 2 heteroatoms. The first-order valence-electron chi connectivity index (χ1n) is 9.94. The molecule has 0 radical (unpaired) electrons. The van der Waals surface area contributed by atoms with E-state index >= 15 is 0 Å². The molecule has 0 fully saturated rings. The molecule has 136 valence electrons. The summed E-state index contributed by atoms with van der Waals surface area (Å²) < 4.78 is 0. The van der Waals surface area contributed by atoms with E-state index in [4.69, 9.17) is 0 Å². The molecule has 0 aromatic heterocycles. The largest absolute Gasteiger partial charge is 0.478 e. The number of hydrogen-bond acceptors (Lipinski definition) is 1. The molecule has 0 saturated carbocycles. The highest BCUT2D eigenvalue weighted by Crippen LogP contribution is 2.34. The van der Waals surface area contributed by atoms with E-state index in [1.54, 1.807) is 0 Å². The summed E-state index contributed by atoms with van der Waals surface area (Å²) in [6, 6.07) is 8.12. The minimum absolute atomic E-state index is 0.551. The third kappa shape index (κ3) is 4.42. The number of aromatic carboxylic acids is 1. The molecule has 0 spiro atoms. The molecular formula is C23H32O2. The van der Waals surface area contributed by atoms with Gasteiger partial charge in [0.15, 0.2) is 0 Å². The van der Waals surface area contributed by atoms with Crippen LogP contribution in [0.5, 0.6) is 0 Å². The summed E-state index contributed by atoms with van der Waals surface area (Å²) in [5.74, 6) is -0.776. The molecule has 0 unspecified atom stereocenters. The fourth-order valence-corrected chi connectivity index (χ4v) is 3.79. The van der Waals surface area contributed by atoms with Crippen molar-refractivity contribution < 1.29 is 9.90 Å². The summed E-state index contributed by atoms with van der Waals surface area (Å²) in [4.78, 5) is 12.2. The summed E-state index contributed by atoms with van der Waals surface area (Å²) in [6.45, 7) is 6.60. The van der Waals surface area contributed by atoms with Crippen LogP contribution in [0.15, 0.2) is 24.3 Å². The average Bonchev–Trinajstić information content (AvgIpc) is 2.62. The van der Waals surface area contributed by atoms with Gasteiger partial charge in [-0.3, -0.25) is 0 Å². The zero-order valence-electron chi connectivity index (χ0n) is 16.0. The minimum atomic E-state index is -0.776. The third-order valence-corrected chi connectivity index (χ3v) is 5.11. The monoisotopic (exact) mass is 340 g/mol. The van der Waals surface area contributed by atoms with Gasteiger partial charge in [0.05, 0.1) is 5.56 Å². The van der Waals surface area contributed by atoms with E-state index in [1.165, 1.54) is 11.1 Å². The minimum Gasteiger partial charge on any atom is -0.478 e. The second kappa shape index (κ2) is 9.60. The lowest BCUT2D eigenvalue weighted by Crippen LogP contribution is -2.11. The zero-order valence-corrected chi connectivity index (χ0v) is 16.0. The van der Waals surface area contributed by atoms with E-state index in [-0.39, 0.29) is 0 Å². The first-order chi connectivity index (χ1) is 12.2. The molecule has 0 amide bonds. The predicted octanol–water partition coefficient (Wildman–Crippen LogP) is 6.57. The highest BCUT2D eigenvalue weighted by atomic mass is 16.4. The Bertz CT molecular complexity index is 716. The first-order valence-corrected chi connectivity index (χ1v) is 9.94. The molecular weight excluding hydrogens is 308 g/mol. The van der Waals surface area contributed by atoms with Crippen molar-refractivity contribution in [2.75, 3.05) is 0 Å². The van der Waals surface area contributed by atoms with E-state index in [0.29, 0.717) is 5.56 Å². The van der Waals surface area contributed by atoms with Gasteiger partial charge < -0.3 is 5.11 Å². The topological polar surface area (TPSA) is 37.3 Å². The van der Waals surface area contributed by atoms with Crippen molar-refractivity contribution in [2.24, 2.45) is 0 Å². The number of carboxylic acids is 1. The molecule has 0 heterocycles. The number of aryl methyl sites for hydroxylation is 1. The van der Waals surface area contributed by atoms with Crippen LogP contribution in [0.25, 0.3) is 10.8 Å². The summed E-state index contributed by atoms with van der Waals surface area (Å²) in [5, 5.41) is 12.1. The molecule has 2 nitrogen and oxygen atoms in total. The molecule has 0 saturated heterocycles. The molecule has 0 aliphatic heterocycles. The number of benzene rings is 2. The number of rotatable bonds is 10. The number of unbranched alkanes of at least 4 members (excludes halogenated alkanes) is 3. The Labute approximate surface area is 152 Å². The molecule has 2 aromatic carbocycles. The Morgan fingerprint density at radius 1 is 0.760 bits per heavy atom. The van der Waals surface area contributed by atoms with Gasteiger partial charge in [0.25, 0.3) is 0 Å². The third-order valence-electron chi connectivity index (χ3n) is 5.11. The van der Waals surface area contributed by atoms with Gasteiger partial charge in [-0.2, -0.15) is 0 Å². The average molecular weight is 341 g/mol. The quantitative estimate of drug-likeness (QED) is 0.531. The normalized spacial score (nSPS) is 11.2. The van der Waals surface area contributed by atoms with Gasteiger partial charge >= 0.3 is 5.97 Å². The number of carbonyl (C=O) groups is 1. The fourth-order valence-electron chi connectivity index (χ4n) is 3.79. The van der Waals surface area contributed by atoms with Crippen LogP contribution in [-0.4, -0.2) is 11.1 Å². The van der Waals surface area contributed by atoms with Crippen LogP contribution in [0.4, 0.5) is 0 Å². The highest BCUT2D eigenvalue weighted by Gasteiger charge is 2.22. The standard InChI is InChI=1S/C23H32O2/c1-4-7-12-17-18(13-8-5-2)20(14-9-6-3)22(23(24)25)21-16-11-10-15-19(17)21/h10-11,15-16H,4-9,12-14H2,1-3H3,(H,24,25). The molecule has 1 N–H and O–H groups in total. The van der Waals surface area contributed by atoms with Gasteiger partial charge in [0.2, 0.25) is 0 Å². The smallest absolute Gasteiger partial charge is 0.336 e. The Kier molecular flexibility index (Phi) is 7.49. The van der Waals surface area contributed by atoms with Crippen molar-refractivity contribution in [2.45, 2.75) is 78.6 Å². The molecule has 0 aliphatic rings. The van der Waals surface area contributed by atoms with E-state index in [0.717, 1.165) is 74.1 Å². The van der Waals surface area contributed by atoms with Crippen LogP contribution in [0, 0.1) is 0 Å². The molecule has 2 rings (SSSR count). The van der Waals surface area contributed by atoms with Crippen LogP contribution in [0.1, 0.15) is 86.3 Å². The summed E-state index contributed by atoms with van der Waals surface area (Å²) in [7, 11) is 0. The maximum atomic E-state index is 12.2. The second-order valence-corrected chi connectivity index (χ2v) is 6.97. The van der Waals surface area contributed by atoms with Crippen LogP contribution in [0.2, 0.25) is 0 Å². The Hall–Kier alpha value is -1.83. The van der Waals surface area contributed by atoms with Gasteiger partial charge in [-0.15, -0.1) is 0 Å². The lowest BCUT2D eigenvalue weighted by molar-refractivity contribution is 0.0697. The van der Waals surface area contributed by atoms with E-state index in [9.17, 15) is 9.90 Å². The summed E-state index contributed by atoms with van der Waals surface area (Å²) in [5.41, 5.74) is 4.39. The number of hydrogen-bond donors (Lipinski definition) is 1.